The van der Waals surface area contributed by atoms with Crippen molar-refractivity contribution in [2.75, 3.05) is 0 Å². The molecule has 4 atom stereocenters. The Morgan fingerprint density at radius 3 is 2.44 bits per heavy atom. The minimum absolute atomic E-state index is 0.0683. The third-order valence-electron chi connectivity index (χ3n) is 12.5. The minimum Gasteiger partial charge on any atom is -0.228 e. The molecule has 1 fully saturated rings. The summed E-state index contributed by atoms with van der Waals surface area (Å²) in [4.78, 5) is 10.9. The molecule has 6 aromatic rings. The summed E-state index contributed by atoms with van der Waals surface area (Å²) in [6.45, 7) is 2.35. The largest absolute Gasteiger partial charge is 0.228 e. The predicted octanol–water partition coefficient (Wildman–Crippen LogP) is 11.9. The average Bonchev–Trinajstić information content (AvgIpc) is 3.97. The quantitative estimate of drug-likeness (QED) is 0.187. The summed E-state index contributed by atoms with van der Waals surface area (Å²) in [7, 11) is 0. The summed E-state index contributed by atoms with van der Waals surface area (Å²) in [6, 6.07) is 40.5. The highest BCUT2D eigenvalue weighted by atomic mass is 14.9. The third kappa shape index (κ3) is 4.37. The molecule has 0 radical (unpaired) electrons. The lowest BCUT2D eigenvalue weighted by Gasteiger charge is -2.39. The fourth-order valence-corrected chi connectivity index (χ4v) is 9.81. The molecule has 5 aliphatic rings. The summed E-state index contributed by atoms with van der Waals surface area (Å²) in [5, 5.41) is 2.51. The fraction of sp³-hybridized carbons (Fsp3) is 0.160. The van der Waals surface area contributed by atoms with Crippen LogP contribution >= 0.6 is 0 Å². The van der Waals surface area contributed by atoms with Crippen molar-refractivity contribution in [3.63, 3.8) is 0 Å². The maximum absolute atomic E-state index is 5.45. The van der Waals surface area contributed by atoms with Gasteiger partial charge < -0.3 is 0 Å². The molecule has 52 heavy (non-hydrogen) atoms. The second kappa shape index (κ2) is 11.1. The van der Waals surface area contributed by atoms with Gasteiger partial charge in [-0.15, -0.1) is 0 Å². The maximum Gasteiger partial charge on any atom is 0.160 e. The first kappa shape index (κ1) is 29.8. The number of nitrogens with zero attached hydrogens (tertiary/aromatic N) is 2. The van der Waals surface area contributed by atoms with Gasteiger partial charge in [0.25, 0.3) is 0 Å². The van der Waals surface area contributed by atoms with E-state index >= 15 is 0 Å². The van der Waals surface area contributed by atoms with Crippen LogP contribution in [0.2, 0.25) is 0 Å². The number of aryl methyl sites for hydroxylation is 1. The standard InChI is InChI=1S/C50H38N2/c1-49-27-11-10-20-45(49)41-18-8-7-17-40(41)43(31-49)47-29-46(42-28-34-13-2-4-14-37(34)38-15-5-6-16-39(38)42)51-48(52-47)33-22-24-35(25-23-33)50-30-36(50)26-21-32-12-3-9-19-44(32)50/h3-12,14-29,31,36,45H,2,13,30H2,1H3. The van der Waals surface area contributed by atoms with Crippen molar-refractivity contribution in [3.05, 3.63) is 196 Å². The van der Waals surface area contributed by atoms with E-state index in [1.54, 1.807) is 0 Å². The predicted molar refractivity (Wildman–Crippen MR) is 215 cm³/mol. The smallest absolute Gasteiger partial charge is 0.160 e. The molecule has 1 heterocycles. The summed E-state index contributed by atoms with van der Waals surface area (Å²) in [5.41, 5.74) is 14.7. The number of hydrogen-bond donors (Lipinski definition) is 0. The first-order valence-electron chi connectivity index (χ1n) is 18.8. The van der Waals surface area contributed by atoms with Gasteiger partial charge in [0.1, 0.15) is 0 Å². The van der Waals surface area contributed by atoms with E-state index in [4.69, 9.17) is 9.97 Å². The summed E-state index contributed by atoms with van der Waals surface area (Å²) >= 11 is 0. The van der Waals surface area contributed by atoms with Crippen molar-refractivity contribution in [2.45, 2.75) is 37.5 Å². The zero-order chi connectivity index (χ0) is 34.4. The molecule has 0 bridgehead atoms. The van der Waals surface area contributed by atoms with E-state index in [9.17, 15) is 0 Å². The molecule has 4 unspecified atom stereocenters. The second-order valence-corrected chi connectivity index (χ2v) is 15.5. The minimum atomic E-state index is -0.152. The molecule has 0 spiro atoms. The molecule has 1 saturated carbocycles. The van der Waals surface area contributed by atoms with Gasteiger partial charge in [-0.1, -0.05) is 159 Å². The van der Waals surface area contributed by atoms with E-state index in [1.165, 1.54) is 60.9 Å². The van der Waals surface area contributed by atoms with Gasteiger partial charge in [0.2, 0.25) is 0 Å². The van der Waals surface area contributed by atoms with E-state index in [0.29, 0.717) is 5.92 Å². The molecule has 0 aliphatic heterocycles. The molecule has 5 aliphatic carbocycles. The lowest BCUT2D eigenvalue weighted by molar-refractivity contribution is 0.478. The molecule has 2 heteroatoms. The second-order valence-electron chi connectivity index (χ2n) is 15.5. The molecule has 2 nitrogen and oxygen atoms in total. The Hall–Kier alpha value is -5.86. The van der Waals surface area contributed by atoms with Crippen LogP contribution in [0.4, 0.5) is 0 Å². The van der Waals surface area contributed by atoms with E-state index < -0.39 is 0 Å². The molecule has 0 N–H and O–H groups in total. The van der Waals surface area contributed by atoms with E-state index in [-0.39, 0.29) is 16.7 Å². The van der Waals surface area contributed by atoms with Crippen LogP contribution in [0.1, 0.15) is 70.3 Å². The van der Waals surface area contributed by atoms with Gasteiger partial charge in [0.15, 0.2) is 5.82 Å². The Morgan fingerprint density at radius 2 is 1.52 bits per heavy atom. The Kier molecular flexibility index (Phi) is 6.35. The Balaban J connectivity index is 1.11. The van der Waals surface area contributed by atoms with Crippen LogP contribution in [0.3, 0.4) is 0 Å². The van der Waals surface area contributed by atoms with Gasteiger partial charge in [-0.25, -0.2) is 9.97 Å². The average molecular weight is 667 g/mol. The van der Waals surface area contributed by atoms with E-state index in [1.807, 2.05) is 0 Å². The van der Waals surface area contributed by atoms with Crippen LogP contribution in [-0.2, 0) is 11.8 Å². The monoisotopic (exact) mass is 666 g/mol. The van der Waals surface area contributed by atoms with Crippen molar-refractivity contribution in [1.82, 2.24) is 9.97 Å². The van der Waals surface area contributed by atoms with Gasteiger partial charge in [0, 0.05) is 33.4 Å². The topological polar surface area (TPSA) is 25.8 Å². The van der Waals surface area contributed by atoms with Crippen molar-refractivity contribution in [2.24, 2.45) is 11.3 Å². The number of rotatable bonds is 4. The Bertz CT molecular complexity index is 2630. The molecule has 0 amide bonds. The summed E-state index contributed by atoms with van der Waals surface area (Å²) in [5.74, 6) is 1.60. The molecular formula is C50H38N2. The third-order valence-corrected chi connectivity index (χ3v) is 12.5. The normalized spacial score (nSPS) is 24.4. The molecular weight excluding hydrogens is 629 g/mol. The highest BCUT2D eigenvalue weighted by molar-refractivity contribution is 6.02. The number of allylic oxidation sites excluding steroid dienone is 7. The van der Waals surface area contributed by atoms with E-state index in [0.717, 1.165) is 42.0 Å². The highest BCUT2D eigenvalue weighted by Crippen LogP contribution is 2.62. The lowest BCUT2D eigenvalue weighted by atomic mass is 9.65. The van der Waals surface area contributed by atoms with Gasteiger partial charge in [0.05, 0.1) is 11.4 Å². The number of fused-ring (bicyclic) bond motifs is 9. The van der Waals surface area contributed by atoms with Gasteiger partial charge >= 0.3 is 0 Å². The molecule has 0 saturated heterocycles. The molecule has 5 aromatic carbocycles. The molecule has 11 rings (SSSR count). The fourth-order valence-electron chi connectivity index (χ4n) is 9.81. The first-order chi connectivity index (χ1) is 25.6. The van der Waals surface area contributed by atoms with Crippen LogP contribution in [0.5, 0.6) is 0 Å². The lowest BCUT2D eigenvalue weighted by Crippen LogP contribution is -2.26. The summed E-state index contributed by atoms with van der Waals surface area (Å²) < 4.78 is 0. The maximum atomic E-state index is 5.45. The number of hydrogen-bond acceptors (Lipinski definition) is 2. The van der Waals surface area contributed by atoms with Crippen molar-refractivity contribution >= 4 is 28.5 Å². The van der Waals surface area contributed by atoms with Gasteiger partial charge in [-0.2, -0.15) is 0 Å². The van der Waals surface area contributed by atoms with Crippen molar-refractivity contribution < 1.29 is 0 Å². The van der Waals surface area contributed by atoms with Crippen LogP contribution < -0.4 is 0 Å². The number of benzene rings is 5. The first-order valence-corrected chi connectivity index (χ1v) is 18.8. The van der Waals surface area contributed by atoms with Gasteiger partial charge in [-0.05, 0) is 87.0 Å². The highest BCUT2D eigenvalue weighted by Gasteiger charge is 2.57. The Morgan fingerprint density at radius 1 is 0.712 bits per heavy atom. The molecule has 1 aromatic heterocycles. The summed E-state index contributed by atoms with van der Waals surface area (Å²) in [6.07, 6.45) is 24.1. The molecule has 248 valence electrons. The zero-order valence-electron chi connectivity index (χ0n) is 29.3. The van der Waals surface area contributed by atoms with Crippen molar-refractivity contribution in [1.29, 1.82) is 0 Å². The van der Waals surface area contributed by atoms with Crippen LogP contribution in [-0.4, -0.2) is 9.97 Å². The van der Waals surface area contributed by atoms with Gasteiger partial charge in [-0.3, -0.25) is 0 Å². The number of aromatic nitrogens is 2. The van der Waals surface area contributed by atoms with E-state index in [2.05, 4.69) is 171 Å². The van der Waals surface area contributed by atoms with Crippen molar-refractivity contribution in [3.8, 4) is 22.6 Å². The van der Waals surface area contributed by atoms with Crippen LogP contribution in [0.15, 0.2) is 152 Å². The SMILES string of the molecule is CC12C=CC=CC1c1ccccc1C(c1cc(-c3cc4c(c5ccccc35)C=CCC4)nc(-c3ccc(C45CC4C=Cc4ccccc45)cc3)n1)=C2. The van der Waals surface area contributed by atoms with Crippen LogP contribution in [0.25, 0.3) is 51.1 Å². The Labute approximate surface area is 305 Å². The van der Waals surface area contributed by atoms with Crippen LogP contribution in [0, 0.1) is 11.3 Å². The zero-order valence-corrected chi connectivity index (χ0v) is 29.3.